The molecular weight excluding hydrogens is 142 g/mol. The van der Waals surface area contributed by atoms with Crippen LogP contribution in [0.15, 0.2) is 18.5 Å². The number of rotatable bonds is 0. The highest BCUT2D eigenvalue weighted by molar-refractivity contribution is 6.31. The quantitative estimate of drug-likeness (QED) is 0.431. The second-order valence-electron chi connectivity index (χ2n) is 1.54. The van der Waals surface area contributed by atoms with E-state index in [-0.39, 0.29) is 10.8 Å². The van der Waals surface area contributed by atoms with Gasteiger partial charge in [-0.3, -0.25) is 0 Å². The molecule has 0 aromatic carbocycles. The highest BCUT2D eigenvalue weighted by Gasteiger charge is 1.99. The maximum Gasteiger partial charge on any atom is 0.223 e. The van der Waals surface area contributed by atoms with Gasteiger partial charge in [0, 0.05) is 6.07 Å². The summed E-state index contributed by atoms with van der Waals surface area (Å²) < 4.78 is 0.473. The Hall–Kier alpha value is -0.960. The van der Waals surface area contributed by atoms with Gasteiger partial charge >= 0.3 is 0 Å². The first kappa shape index (κ1) is 6.16. The SMILES string of the molecule is [O-][n+]1ccc(Cl)c(O)c1. The van der Waals surface area contributed by atoms with E-state index in [1.807, 2.05) is 0 Å². The lowest BCUT2D eigenvalue weighted by atomic mass is 10.5. The first-order valence-corrected chi connectivity index (χ1v) is 2.65. The van der Waals surface area contributed by atoms with Gasteiger partial charge in [0.1, 0.15) is 0 Å². The Balaban J connectivity index is 3.17. The van der Waals surface area contributed by atoms with Crippen LogP contribution in [0.5, 0.6) is 5.75 Å². The highest BCUT2D eigenvalue weighted by Crippen LogP contribution is 2.18. The molecular formula is C5H4ClNO2. The van der Waals surface area contributed by atoms with Crippen molar-refractivity contribution in [3.63, 3.8) is 0 Å². The van der Waals surface area contributed by atoms with E-state index in [9.17, 15) is 5.21 Å². The molecule has 0 aliphatic rings. The van der Waals surface area contributed by atoms with Crippen molar-refractivity contribution < 1.29 is 9.84 Å². The molecule has 1 heterocycles. The van der Waals surface area contributed by atoms with Crippen molar-refractivity contribution in [3.8, 4) is 5.75 Å². The third kappa shape index (κ3) is 1.23. The van der Waals surface area contributed by atoms with Gasteiger partial charge in [-0.25, -0.2) is 0 Å². The zero-order valence-electron chi connectivity index (χ0n) is 4.41. The molecule has 0 saturated carbocycles. The molecule has 0 saturated heterocycles. The first-order valence-electron chi connectivity index (χ1n) is 2.27. The van der Waals surface area contributed by atoms with Crippen molar-refractivity contribution in [2.45, 2.75) is 0 Å². The van der Waals surface area contributed by atoms with Gasteiger partial charge in [-0.1, -0.05) is 11.6 Å². The van der Waals surface area contributed by atoms with Gasteiger partial charge in [0.05, 0.1) is 5.02 Å². The maximum absolute atomic E-state index is 10.3. The molecule has 3 nitrogen and oxygen atoms in total. The second-order valence-corrected chi connectivity index (χ2v) is 1.95. The molecule has 0 amide bonds. The Labute approximate surface area is 56.7 Å². The van der Waals surface area contributed by atoms with Crippen LogP contribution < -0.4 is 4.73 Å². The van der Waals surface area contributed by atoms with Crippen molar-refractivity contribution in [1.82, 2.24) is 0 Å². The number of pyridine rings is 1. The van der Waals surface area contributed by atoms with Crippen LogP contribution in [0.25, 0.3) is 0 Å². The van der Waals surface area contributed by atoms with E-state index in [1.54, 1.807) is 0 Å². The lowest BCUT2D eigenvalue weighted by molar-refractivity contribution is -0.605. The molecule has 1 aromatic heterocycles. The van der Waals surface area contributed by atoms with Crippen LogP contribution in [0, 0.1) is 5.21 Å². The molecule has 0 radical (unpaired) electrons. The normalized spacial score (nSPS) is 9.44. The monoisotopic (exact) mass is 145 g/mol. The zero-order chi connectivity index (χ0) is 6.85. The molecule has 1 aromatic rings. The van der Waals surface area contributed by atoms with Crippen LogP contribution in [-0.4, -0.2) is 5.11 Å². The summed E-state index contributed by atoms with van der Waals surface area (Å²) >= 11 is 5.38. The van der Waals surface area contributed by atoms with Crippen LogP contribution in [0.1, 0.15) is 0 Å². The van der Waals surface area contributed by atoms with Crippen LogP contribution in [0.3, 0.4) is 0 Å². The molecule has 1 rings (SSSR count). The number of nitrogens with zero attached hydrogens (tertiary/aromatic N) is 1. The summed E-state index contributed by atoms with van der Waals surface area (Å²) in [5.41, 5.74) is 0. The van der Waals surface area contributed by atoms with Crippen LogP contribution >= 0.6 is 11.6 Å². The Bertz CT molecular complexity index is 226. The minimum atomic E-state index is -0.200. The fourth-order valence-corrected chi connectivity index (χ4v) is 0.555. The second kappa shape index (κ2) is 2.11. The molecule has 0 fully saturated rings. The lowest BCUT2D eigenvalue weighted by Gasteiger charge is -1.95. The highest BCUT2D eigenvalue weighted by atomic mass is 35.5. The minimum Gasteiger partial charge on any atom is -0.619 e. The standard InChI is InChI=1S/C5H4ClNO2/c6-4-1-2-7(9)3-5(4)8/h1-3,8H. The summed E-state index contributed by atoms with van der Waals surface area (Å²) in [7, 11) is 0. The molecule has 1 N–H and O–H groups in total. The van der Waals surface area contributed by atoms with Gasteiger partial charge in [0.25, 0.3) is 0 Å². The summed E-state index contributed by atoms with van der Waals surface area (Å²) in [4.78, 5) is 0. The van der Waals surface area contributed by atoms with Crippen LogP contribution in [0.4, 0.5) is 0 Å². The fraction of sp³-hybridized carbons (Fsp3) is 0. The Morgan fingerprint density at radius 3 is 2.78 bits per heavy atom. The zero-order valence-corrected chi connectivity index (χ0v) is 5.17. The molecule has 0 aliphatic carbocycles. The number of halogens is 1. The van der Waals surface area contributed by atoms with Gasteiger partial charge in [-0.15, -0.1) is 0 Å². The summed E-state index contributed by atoms with van der Waals surface area (Å²) in [6, 6.07) is 1.32. The summed E-state index contributed by atoms with van der Waals surface area (Å²) in [6.45, 7) is 0. The first-order chi connectivity index (χ1) is 4.20. The lowest BCUT2D eigenvalue weighted by Crippen LogP contribution is -2.23. The van der Waals surface area contributed by atoms with Crippen molar-refractivity contribution in [3.05, 3.63) is 28.7 Å². The van der Waals surface area contributed by atoms with Crippen molar-refractivity contribution in [2.24, 2.45) is 0 Å². The predicted molar refractivity (Wildman–Crippen MR) is 32.1 cm³/mol. The third-order valence-corrected chi connectivity index (χ3v) is 1.18. The van der Waals surface area contributed by atoms with E-state index in [2.05, 4.69) is 0 Å². The van der Waals surface area contributed by atoms with Gasteiger partial charge in [0.2, 0.25) is 11.9 Å². The minimum absolute atomic E-state index is 0.183. The molecule has 0 spiro atoms. The topological polar surface area (TPSA) is 47.2 Å². The van der Waals surface area contributed by atoms with Crippen LogP contribution in [-0.2, 0) is 0 Å². The van der Waals surface area contributed by atoms with Crippen molar-refractivity contribution >= 4 is 11.6 Å². The molecule has 0 bridgehead atoms. The van der Waals surface area contributed by atoms with Gasteiger partial charge in [-0.2, -0.15) is 4.73 Å². The number of hydrogen-bond donors (Lipinski definition) is 1. The van der Waals surface area contributed by atoms with E-state index in [0.29, 0.717) is 4.73 Å². The fourth-order valence-electron chi connectivity index (χ4n) is 0.450. The van der Waals surface area contributed by atoms with E-state index in [0.717, 1.165) is 6.20 Å². The maximum atomic E-state index is 10.3. The Kier molecular flexibility index (Phi) is 1.44. The molecule has 0 aliphatic heterocycles. The smallest absolute Gasteiger partial charge is 0.223 e. The van der Waals surface area contributed by atoms with Gasteiger partial charge in [0.15, 0.2) is 6.20 Å². The van der Waals surface area contributed by atoms with Crippen molar-refractivity contribution in [2.75, 3.05) is 0 Å². The summed E-state index contributed by atoms with van der Waals surface area (Å²) in [5.74, 6) is -0.200. The average Bonchev–Trinajstić information content (AvgIpc) is 1.80. The molecule has 0 atom stereocenters. The average molecular weight is 146 g/mol. The Morgan fingerprint density at radius 2 is 2.33 bits per heavy atom. The molecule has 0 unspecified atom stereocenters. The Morgan fingerprint density at radius 1 is 1.67 bits per heavy atom. The van der Waals surface area contributed by atoms with E-state index < -0.39 is 0 Å². The molecule has 4 heteroatoms. The third-order valence-electron chi connectivity index (χ3n) is 0.862. The summed E-state index contributed by atoms with van der Waals surface area (Å²) in [5, 5.41) is 19.3. The number of aromatic hydroxyl groups is 1. The predicted octanol–water partition coefficient (Wildman–Crippen LogP) is 0.679. The van der Waals surface area contributed by atoms with E-state index in [1.165, 1.54) is 12.3 Å². The van der Waals surface area contributed by atoms with Crippen LogP contribution in [0.2, 0.25) is 5.02 Å². The largest absolute Gasteiger partial charge is 0.619 e. The number of hydrogen-bond acceptors (Lipinski definition) is 2. The van der Waals surface area contributed by atoms with E-state index in [4.69, 9.17) is 16.7 Å². The summed E-state index contributed by atoms with van der Waals surface area (Å²) in [6.07, 6.45) is 2.20. The molecule has 48 valence electrons. The van der Waals surface area contributed by atoms with Gasteiger partial charge < -0.3 is 10.3 Å². The number of aromatic nitrogens is 1. The molecule has 9 heavy (non-hydrogen) atoms. The van der Waals surface area contributed by atoms with E-state index >= 15 is 0 Å². The van der Waals surface area contributed by atoms with Gasteiger partial charge in [-0.05, 0) is 0 Å². The van der Waals surface area contributed by atoms with Crippen molar-refractivity contribution in [1.29, 1.82) is 0 Å².